The average molecular weight is 480 g/mol. The van der Waals surface area contributed by atoms with Crippen molar-refractivity contribution in [3.8, 4) is 0 Å². The number of carbonyl (C=O) groups is 2. The molecule has 1 fully saturated rings. The Morgan fingerprint density at radius 1 is 0.970 bits per heavy atom. The summed E-state index contributed by atoms with van der Waals surface area (Å²) in [5.74, 6) is -0.733. The molecule has 1 aliphatic heterocycles. The van der Waals surface area contributed by atoms with Gasteiger partial charge in [0.25, 0.3) is 10.0 Å². The van der Waals surface area contributed by atoms with E-state index in [2.05, 4.69) is 9.71 Å². The fraction of sp³-hybridized carbons (Fsp3) is 0.125. The van der Waals surface area contributed by atoms with Gasteiger partial charge in [-0.05, 0) is 42.8 Å². The van der Waals surface area contributed by atoms with Gasteiger partial charge in [-0.1, -0.05) is 66.4 Å². The smallest absolute Gasteiger partial charge is 0.284 e. The third-order valence-electron chi connectivity index (χ3n) is 4.98. The minimum Gasteiger partial charge on any atom is -0.326 e. The van der Waals surface area contributed by atoms with Gasteiger partial charge in [0.05, 0.1) is 10.6 Å². The van der Waals surface area contributed by atoms with Crippen molar-refractivity contribution in [3.05, 3.63) is 90.5 Å². The van der Waals surface area contributed by atoms with E-state index in [-0.39, 0.29) is 22.4 Å². The second kappa shape index (κ2) is 9.60. The summed E-state index contributed by atoms with van der Waals surface area (Å²) < 4.78 is 29.7. The van der Waals surface area contributed by atoms with Crippen molar-refractivity contribution < 1.29 is 18.0 Å². The van der Waals surface area contributed by atoms with Crippen LogP contribution in [0.3, 0.4) is 0 Å². The summed E-state index contributed by atoms with van der Waals surface area (Å²) in [6, 6.07) is 23.8. The zero-order chi connectivity index (χ0) is 23.4. The summed E-state index contributed by atoms with van der Waals surface area (Å²) in [5.41, 5.74) is 2.05. The number of hydrogen-bond acceptors (Lipinski definition) is 5. The Kier molecular flexibility index (Phi) is 6.62. The highest BCUT2D eigenvalue weighted by Gasteiger charge is 2.41. The number of amidine groups is 1. The first-order valence-corrected chi connectivity index (χ1v) is 12.5. The van der Waals surface area contributed by atoms with Gasteiger partial charge in [-0.2, -0.15) is 8.42 Å². The van der Waals surface area contributed by atoms with E-state index in [0.29, 0.717) is 11.4 Å². The van der Waals surface area contributed by atoms with Gasteiger partial charge in [0.15, 0.2) is 5.17 Å². The van der Waals surface area contributed by atoms with Gasteiger partial charge in [0.1, 0.15) is 5.25 Å². The number of para-hydroxylation sites is 2. The Bertz CT molecular complexity index is 1310. The summed E-state index contributed by atoms with van der Waals surface area (Å²) in [7, 11) is -4.04. The molecule has 1 saturated heterocycles. The van der Waals surface area contributed by atoms with Crippen LogP contribution in [0.15, 0.2) is 94.2 Å². The van der Waals surface area contributed by atoms with Crippen molar-refractivity contribution in [1.82, 2.24) is 0 Å². The van der Waals surface area contributed by atoms with Crippen LogP contribution >= 0.6 is 11.8 Å². The molecule has 0 aliphatic carbocycles. The second-order valence-corrected chi connectivity index (χ2v) is 10.1. The number of sulfonamides is 1. The fourth-order valence-corrected chi connectivity index (χ4v) is 5.66. The van der Waals surface area contributed by atoms with E-state index >= 15 is 0 Å². The van der Waals surface area contributed by atoms with Crippen LogP contribution in [-0.4, -0.2) is 30.6 Å². The molecule has 1 aliphatic rings. The second-order valence-electron chi connectivity index (χ2n) is 7.34. The summed E-state index contributed by atoms with van der Waals surface area (Å²) in [6.45, 7) is 1.88. The van der Waals surface area contributed by atoms with Gasteiger partial charge in [-0.15, -0.1) is 4.40 Å². The monoisotopic (exact) mass is 479 g/mol. The largest absolute Gasteiger partial charge is 0.326 e. The maximum atomic E-state index is 13.2. The van der Waals surface area contributed by atoms with Crippen LogP contribution in [0.5, 0.6) is 0 Å². The number of hydrogen-bond donors (Lipinski definition) is 1. The topological polar surface area (TPSA) is 95.9 Å². The third-order valence-corrected chi connectivity index (χ3v) is 7.51. The molecule has 4 rings (SSSR count). The number of nitrogens with one attached hydrogen (secondary N) is 1. The number of benzene rings is 3. The fourth-order valence-electron chi connectivity index (χ4n) is 3.31. The molecule has 0 bridgehead atoms. The zero-order valence-corrected chi connectivity index (χ0v) is 19.3. The highest BCUT2D eigenvalue weighted by atomic mass is 32.2. The first-order chi connectivity index (χ1) is 15.8. The highest BCUT2D eigenvalue weighted by Crippen LogP contribution is 2.35. The normalized spacial score (nSPS) is 17.4. The van der Waals surface area contributed by atoms with Gasteiger partial charge < -0.3 is 5.32 Å². The summed E-state index contributed by atoms with van der Waals surface area (Å²) in [5, 5.41) is 2.03. The molecule has 3 aromatic carbocycles. The van der Waals surface area contributed by atoms with Crippen molar-refractivity contribution in [2.45, 2.75) is 23.5 Å². The van der Waals surface area contributed by atoms with Crippen LogP contribution in [0.4, 0.5) is 11.4 Å². The Morgan fingerprint density at radius 2 is 1.58 bits per heavy atom. The van der Waals surface area contributed by atoms with Crippen molar-refractivity contribution in [3.63, 3.8) is 0 Å². The van der Waals surface area contributed by atoms with Crippen LogP contribution < -0.4 is 10.2 Å². The van der Waals surface area contributed by atoms with E-state index < -0.39 is 21.2 Å². The molecular weight excluding hydrogens is 458 g/mol. The van der Waals surface area contributed by atoms with Crippen molar-refractivity contribution in [2.75, 3.05) is 10.2 Å². The van der Waals surface area contributed by atoms with Gasteiger partial charge >= 0.3 is 0 Å². The molecule has 3 aromatic rings. The maximum Gasteiger partial charge on any atom is 0.284 e. The molecule has 9 heteroatoms. The average Bonchev–Trinajstić information content (AvgIpc) is 3.10. The first-order valence-electron chi connectivity index (χ1n) is 10.2. The summed E-state index contributed by atoms with van der Waals surface area (Å²) >= 11 is 0.973. The molecule has 0 saturated carbocycles. The molecule has 2 amide bonds. The number of aryl methyl sites for hydroxylation is 1. The Morgan fingerprint density at radius 3 is 2.24 bits per heavy atom. The summed E-state index contributed by atoms with van der Waals surface area (Å²) in [6.07, 6.45) is -0.119. The van der Waals surface area contributed by atoms with Gasteiger partial charge in [-0.3, -0.25) is 14.5 Å². The van der Waals surface area contributed by atoms with Crippen molar-refractivity contribution in [2.24, 2.45) is 4.40 Å². The van der Waals surface area contributed by atoms with Crippen LogP contribution in [-0.2, 0) is 19.6 Å². The number of anilines is 2. The molecule has 7 nitrogen and oxygen atoms in total. The number of nitrogens with zero attached hydrogens (tertiary/aromatic N) is 2. The molecule has 0 spiro atoms. The Balaban J connectivity index is 1.63. The van der Waals surface area contributed by atoms with Gasteiger partial charge in [0.2, 0.25) is 11.8 Å². The molecule has 1 heterocycles. The first kappa shape index (κ1) is 22.8. The molecular formula is C24H21N3O4S2. The standard InChI is InChI=1S/C24H21N3O4S2/c1-17-10-8-9-15-20(17)25-22(28)16-21-23(29)27(18-11-4-2-5-12-18)24(32-21)26-33(30,31)19-13-6-3-7-14-19/h2-15,21H,16H2,1H3,(H,25,28)/b26-24+. The molecule has 0 aromatic heterocycles. The number of rotatable bonds is 6. The van der Waals surface area contributed by atoms with Crippen LogP contribution in [0.1, 0.15) is 12.0 Å². The molecule has 1 unspecified atom stereocenters. The number of thioether (sulfide) groups is 1. The lowest BCUT2D eigenvalue weighted by molar-refractivity contribution is -0.121. The van der Waals surface area contributed by atoms with Crippen molar-refractivity contribution >= 4 is 50.1 Å². The van der Waals surface area contributed by atoms with Crippen LogP contribution in [0, 0.1) is 6.92 Å². The van der Waals surface area contributed by atoms with Gasteiger partial charge in [-0.25, -0.2) is 0 Å². The quantitative estimate of drug-likeness (QED) is 0.571. The third kappa shape index (κ3) is 5.15. The predicted molar refractivity (Wildman–Crippen MR) is 131 cm³/mol. The number of carbonyl (C=O) groups excluding carboxylic acids is 2. The molecule has 33 heavy (non-hydrogen) atoms. The molecule has 168 valence electrons. The van der Waals surface area contributed by atoms with Crippen LogP contribution in [0.2, 0.25) is 0 Å². The van der Waals surface area contributed by atoms with E-state index in [1.807, 2.05) is 25.1 Å². The van der Waals surface area contributed by atoms with E-state index in [4.69, 9.17) is 0 Å². The van der Waals surface area contributed by atoms with Gasteiger partial charge in [0, 0.05) is 12.1 Å². The lowest BCUT2D eigenvalue weighted by Gasteiger charge is -2.16. The van der Waals surface area contributed by atoms with E-state index in [0.717, 1.165) is 17.3 Å². The van der Waals surface area contributed by atoms with Crippen molar-refractivity contribution in [1.29, 1.82) is 0 Å². The summed E-state index contributed by atoms with van der Waals surface area (Å²) in [4.78, 5) is 27.2. The van der Waals surface area contributed by atoms with E-state index in [9.17, 15) is 18.0 Å². The Labute approximate surface area is 196 Å². The highest BCUT2D eigenvalue weighted by molar-refractivity contribution is 8.16. The molecule has 0 radical (unpaired) electrons. The minimum atomic E-state index is -4.04. The lowest BCUT2D eigenvalue weighted by atomic mass is 10.2. The maximum absolute atomic E-state index is 13.2. The zero-order valence-electron chi connectivity index (χ0n) is 17.7. The SMILES string of the molecule is Cc1ccccc1NC(=O)CC1S/C(=N/S(=O)(=O)c2ccccc2)N(c2ccccc2)C1=O. The molecule has 1 N–H and O–H groups in total. The predicted octanol–water partition coefficient (Wildman–Crippen LogP) is 4.22. The van der Waals surface area contributed by atoms with Crippen LogP contribution in [0.25, 0.3) is 0 Å². The lowest BCUT2D eigenvalue weighted by Crippen LogP contribution is -2.33. The molecule has 1 atom stereocenters. The Hall–Kier alpha value is -3.43. The van der Waals surface area contributed by atoms with E-state index in [1.54, 1.807) is 54.6 Å². The van der Waals surface area contributed by atoms with E-state index in [1.165, 1.54) is 17.0 Å². The minimum absolute atomic E-state index is 0.0174. The number of amides is 2.